The first-order valence-corrected chi connectivity index (χ1v) is 4.74. The van der Waals surface area contributed by atoms with Crippen LogP contribution in [0.25, 0.3) is 0 Å². The molecular formula is C10H8ClNO3. The maximum absolute atomic E-state index is 11.1. The van der Waals surface area contributed by atoms with Gasteiger partial charge in [-0.1, -0.05) is 6.07 Å². The molecule has 0 N–H and O–H groups in total. The van der Waals surface area contributed by atoms with Gasteiger partial charge in [0.05, 0.1) is 12.1 Å². The fraction of sp³-hybridized carbons (Fsp3) is 0.200. The molecule has 4 nitrogen and oxygen atoms in total. The largest absolute Gasteiger partial charge is 0.426 e. The quantitative estimate of drug-likeness (QED) is 0.260. The van der Waals surface area contributed by atoms with E-state index in [2.05, 4.69) is 4.99 Å². The molecule has 0 aliphatic heterocycles. The highest BCUT2D eigenvalue weighted by atomic mass is 35.5. The Hall–Kier alpha value is -1.64. The minimum atomic E-state index is -0.419. The summed E-state index contributed by atoms with van der Waals surface area (Å²) in [7, 11) is 0. The first kappa shape index (κ1) is 11.4. The van der Waals surface area contributed by atoms with Gasteiger partial charge in [0, 0.05) is 11.9 Å². The van der Waals surface area contributed by atoms with E-state index in [0.29, 0.717) is 11.4 Å². The number of halogens is 1. The summed E-state index contributed by atoms with van der Waals surface area (Å²) in [6.07, 6.45) is 1.54. The Labute approximate surface area is 91.5 Å². The normalized spacial score (nSPS) is 9.13. The van der Waals surface area contributed by atoms with Crippen molar-refractivity contribution in [2.75, 3.05) is 5.88 Å². The van der Waals surface area contributed by atoms with Crippen molar-refractivity contribution in [3.63, 3.8) is 0 Å². The maximum Gasteiger partial charge on any atom is 0.312 e. The number of ether oxygens (including phenoxy) is 1. The standard InChI is InChI=1S/C10H8ClNO3/c11-5-4-10(14)15-9-3-1-2-8(6-9)12-7-13/h1-3,6H,4-5H2. The zero-order chi connectivity index (χ0) is 11.1. The smallest absolute Gasteiger partial charge is 0.312 e. The van der Waals surface area contributed by atoms with Gasteiger partial charge in [-0.15, -0.1) is 11.6 Å². The summed E-state index contributed by atoms with van der Waals surface area (Å²) in [5, 5.41) is 0. The lowest BCUT2D eigenvalue weighted by Gasteiger charge is -2.02. The fourth-order valence-corrected chi connectivity index (χ4v) is 1.08. The Morgan fingerprint density at radius 2 is 2.33 bits per heavy atom. The number of isocyanates is 1. The average molecular weight is 226 g/mol. The molecule has 0 unspecified atom stereocenters. The van der Waals surface area contributed by atoms with Crippen molar-refractivity contribution in [1.29, 1.82) is 0 Å². The highest BCUT2D eigenvalue weighted by Crippen LogP contribution is 2.19. The Balaban J connectivity index is 2.73. The number of hydrogen-bond acceptors (Lipinski definition) is 4. The van der Waals surface area contributed by atoms with Gasteiger partial charge in [-0.2, -0.15) is 4.99 Å². The minimum Gasteiger partial charge on any atom is -0.426 e. The topological polar surface area (TPSA) is 55.7 Å². The second-order valence-corrected chi connectivity index (χ2v) is 2.99. The van der Waals surface area contributed by atoms with Gasteiger partial charge in [-0.05, 0) is 12.1 Å². The number of nitrogens with zero attached hydrogens (tertiary/aromatic N) is 1. The molecule has 0 amide bonds. The number of carbonyl (C=O) groups excluding carboxylic acids is 2. The van der Waals surface area contributed by atoms with Gasteiger partial charge >= 0.3 is 5.97 Å². The highest BCUT2D eigenvalue weighted by Gasteiger charge is 2.03. The van der Waals surface area contributed by atoms with Crippen LogP contribution < -0.4 is 4.74 Å². The van der Waals surface area contributed by atoms with E-state index in [1.165, 1.54) is 12.1 Å². The summed E-state index contributed by atoms with van der Waals surface area (Å²) >= 11 is 5.37. The lowest BCUT2D eigenvalue weighted by atomic mass is 10.3. The Bertz CT molecular complexity index is 399. The predicted molar refractivity (Wildman–Crippen MR) is 55.2 cm³/mol. The second-order valence-electron chi connectivity index (χ2n) is 2.61. The van der Waals surface area contributed by atoms with Crippen LogP contribution in [0.3, 0.4) is 0 Å². The van der Waals surface area contributed by atoms with Crippen LogP contribution in [0, 0.1) is 0 Å². The molecule has 0 atom stereocenters. The van der Waals surface area contributed by atoms with Crippen LogP contribution in [0.5, 0.6) is 5.75 Å². The van der Waals surface area contributed by atoms with E-state index in [9.17, 15) is 9.59 Å². The zero-order valence-electron chi connectivity index (χ0n) is 7.77. The maximum atomic E-state index is 11.1. The van der Waals surface area contributed by atoms with Crippen LogP contribution in [0.4, 0.5) is 5.69 Å². The summed E-state index contributed by atoms with van der Waals surface area (Å²) in [5.41, 5.74) is 0.390. The van der Waals surface area contributed by atoms with E-state index in [1.54, 1.807) is 18.2 Å². The van der Waals surface area contributed by atoms with Crippen LogP contribution in [-0.2, 0) is 9.59 Å². The number of rotatable bonds is 4. The minimum absolute atomic E-state index is 0.142. The van der Waals surface area contributed by atoms with Crippen LogP contribution >= 0.6 is 11.6 Å². The van der Waals surface area contributed by atoms with Crippen molar-refractivity contribution in [3.05, 3.63) is 24.3 Å². The van der Waals surface area contributed by atoms with Crippen LogP contribution in [-0.4, -0.2) is 17.9 Å². The van der Waals surface area contributed by atoms with E-state index >= 15 is 0 Å². The van der Waals surface area contributed by atoms with Gasteiger partial charge in [0.1, 0.15) is 5.75 Å². The first-order valence-electron chi connectivity index (χ1n) is 4.21. The molecule has 78 valence electrons. The van der Waals surface area contributed by atoms with Crippen LogP contribution in [0.1, 0.15) is 6.42 Å². The summed E-state index contributed by atoms with van der Waals surface area (Å²) in [4.78, 5) is 24.5. The number of alkyl halides is 1. The second kappa shape index (κ2) is 5.96. The number of carbonyl (C=O) groups is 1. The summed E-state index contributed by atoms with van der Waals surface area (Å²) in [5.74, 6) is 0.129. The van der Waals surface area contributed by atoms with E-state index in [0.717, 1.165) is 0 Å². The fourth-order valence-electron chi connectivity index (χ4n) is 0.929. The van der Waals surface area contributed by atoms with Gasteiger partial charge in [0.15, 0.2) is 0 Å². The van der Waals surface area contributed by atoms with Crippen LogP contribution in [0.2, 0.25) is 0 Å². The van der Waals surface area contributed by atoms with Crippen molar-refractivity contribution >= 4 is 29.3 Å². The molecule has 1 aromatic rings. The lowest BCUT2D eigenvalue weighted by Crippen LogP contribution is -2.07. The molecule has 0 fully saturated rings. The molecule has 1 rings (SSSR count). The Morgan fingerprint density at radius 1 is 1.53 bits per heavy atom. The Morgan fingerprint density at radius 3 is 3.00 bits per heavy atom. The average Bonchev–Trinajstić information content (AvgIpc) is 2.19. The zero-order valence-corrected chi connectivity index (χ0v) is 8.53. The van der Waals surface area contributed by atoms with E-state index in [4.69, 9.17) is 16.3 Å². The number of aliphatic imine (C=N–C) groups is 1. The predicted octanol–water partition coefficient (Wildman–Crippen LogP) is 2.19. The molecule has 0 saturated carbocycles. The van der Waals surface area contributed by atoms with E-state index in [-0.39, 0.29) is 12.3 Å². The molecule has 0 aliphatic carbocycles. The van der Waals surface area contributed by atoms with E-state index in [1.807, 2.05) is 0 Å². The summed E-state index contributed by atoms with van der Waals surface area (Å²) in [6, 6.07) is 6.29. The first-order chi connectivity index (χ1) is 7.26. The monoisotopic (exact) mass is 225 g/mol. The molecule has 0 spiro atoms. The van der Waals surface area contributed by atoms with Crippen molar-refractivity contribution in [2.45, 2.75) is 6.42 Å². The van der Waals surface area contributed by atoms with Gasteiger partial charge in [0.2, 0.25) is 6.08 Å². The number of esters is 1. The van der Waals surface area contributed by atoms with Gasteiger partial charge < -0.3 is 4.74 Å². The molecule has 0 radical (unpaired) electrons. The molecule has 0 aliphatic rings. The highest BCUT2D eigenvalue weighted by molar-refractivity contribution is 6.18. The van der Waals surface area contributed by atoms with Crippen molar-refractivity contribution in [3.8, 4) is 5.75 Å². The van der Waals surface area contributed by atoms with Gasteiger partial charge in [-0.25, -0.2) is 4.79 Å². The molecule has 0 saturated heterocycles. The van der Waals surface area contributed by atoms with Gasteiger partial charge in [-0.3, -0.25) is 4.79 Å². The van der Waals surface area contributed by atoms with Gasteiger partial charge in [0.25, 0.3) is 0 Å². The molecule has 1 aromatic carbocycles. The summed E-state index contributed by atoms with van der Waals surface area (Å²) in [6.45, 7) is 0. The lowest BCUT2D eigenvalue weighted by molar-refractivity contribution is -0.133. The van der Waals surface area contributed by atoms with Crippen molar-refractivity contribution in [2.24, 2.45) is 4.99 Å². The number of benzene rings is 1. The third kappa shape index (κ3) is 3.94. The van der Waals surface area contributed by atoms with Crippen LogP contribution in [0.15, 0.2) is 29.3 Å². The van der Waals surface area contributed by atoms with Crippen molar-refractivity contribution < 1.29 is 14.3 Å². The third-order valence-corrected chi connectivity index (χ3v) is 1.71. The molecule has 0 aromatic heterocycles. The molecule has 5 heteroatoms. The van der Waals surface area contributed by atoms with Crippen molar-refractivity contribution in [1.82, 2.24) is 0 Å². The third-order valence-electron chi connectivity index (χ3n) is 1.52. The molecule has 15 heavy (non-hydrogen) atoms. The SMILES string of the molecule is O=C=Nc1cccc(OC(=O)CCCl)c1. The van der Waals surface area contributed by atoms with E-state index < -0.39 is 5.97 Å². The molecule has 0 bridgehead atoms. The molecule has 0 heterocycles. The molecular weight excluding hydrogens is 218 g/mol. The number of hydrogen-bond donors (Lipinski definition) is 0. The Kier molecular flexibility index (Phi) is 4.54. The summed E-state index contributed by atoms with van der Waals surface area (Å²) < 4.78 is 4.93.